The van der Waals surface area contributed by atoms with Crippen molar-refractivity contribution in [2.45, 2.75) is 19.3 Å². The third kappa shape index (κ3) is 5.34. The third-order valence-electron chi connectivity index (χ3n) is 11.1. The van der Waals surface area contributed by atoms with Gasteiger partial charge in [-0.2, -0.15) is 0 Å². The van der Waals surface area contributed by atoms with Crippen LogP contribution in [0.4, 0.5) is 0 Å². The van der Waals surface area contributed by atoms with E-state index in [0.717, 1.165) is 28.1 Å². The molecule has 2 heteroatoms. The summed E-state index contributed by atoms with van der Waals surface area (Å²) >= 11 is 0. The fourth-order valence-electron chi connectivity index (χ4n) is 8.21. The van der Waals surface area contributed by atoms with Crippen molar-refractivity contribution in [2.24, 2.45) is 0 Å². The van der Waals surface area contributed by atoms with Crippen molar-refractivity contribution in [3.63, 3.8) is 0 Å². The first kappa shape index (κ1) is 31.1. The van der Waals surface area contributed by atoms with E-state index in [1.807, 2.05) is 24.3 Å². The predicted octanol–water partition coefficient (Wildman–Crippen LogP) is 13.4. The van der Waals surface area contributed by atoms with Gasteiger partial charge >= 0.3 is 0 Å². The summed E-state index contributed by atoms with van der Waals surface area (Å²) < 4.78 is 0. The Morgan fingerprint density at radius 2 is 0.906 bits per heavy atom. The monoisotopic (exact) mass is 676 g/mol. The summed E-state index contributed by atoms with van der Waals surface area (Å²) in [5, 5.41) is 4.95. The number of hydrogen-bond donors (Lipinski definition) is 0. The minimum Gasteiger partial charge on any atom is -0.228 e. The lowest BCUT2D eigenvalue weighted by Crippen LogP contribution is -2.14. The van der Waals surface area contributed by atoms with Crippen molar-refractivity contribution >= 4 is 21.5 Å². The average molecular weight is 677 g/mol. The van der Waals surface area contributed by atoms with Gasteiger partial charge in [-0.25, -0.2) is 9.97 Å². The van der Waals surface area contributed by atoms with E-state index in [2.05, 4.69) is 172 Å². The molecule has 0 atom stereocenters. The van der Waals surface area contributed by atoms with Crippen LogP contribution in [0.15, 0.2) is 182 Å². The highest BCUT2D eigenvalue weighted by Crippen LogP contribution is 2.53. The van der Waals surface area contributed by atoms with Crippen LogP contribution in [0.2, 0.25) is 0 Å². The molecule has 0 saturated heterocycles. The molecule has 0 amide bonds. The van der Waals surface area contributed by atoms with Gasteiger partial charge in [-0.3, -0.25) is 0 Å². The van der Waals surface area contributed by atoms with Crippen molar-refractivity contribution in [2.75, 3.05) is 0 Å². The van der Waals surface area contributed by atoms with Gasteiger partial charge in [-0.15, -0.1) is 0 Å². The number of benzene rings is 8. The van der Waals surface area contributed by atoms with E-state index >= 15 is 0 Å². The smallest absolute Gasteiger partial charge is 0.160 e. The summed E-state index contributed by atoms with van der Waals surface area (Å²) in [6.07, 6.45) is 0. The molecule has 0 aliphatic heterocycles. The van der Waals surface area contributed by atoms with Crippen molar-refractivity contribution in [1.82, 2.24) is 9.97 Å². The second-order valence-corrected chi connectivity index (χ2v) is 14.6. The molecule has 0 fully saturated rings. The van der Waals surface area contributed by atoms with E-state index in [9.17, 15) is 0 Å². The molecule has 1 aliphatic carbocycles. The molecule has 250 valence electrons. The lowest BCUT2D eigenvalue weighted by Gasteiger charge is -2.22. The zero-order valence-electron chi connectivity index (χ0n) is 29.7. The molecule has 9 aromatic rings. The first-order valence-electron chi connectivity index (χ1n) is 18.3. The van der Waals surface area contributed by atoms with Crippen LogP contribution in [-0.4, -0.2) is 9.97 Å². The molecule has 10 rings (SSSR count). The molecule has 0 saturated carbocycles. The first-order valence-corrected chi connectivity index (χ1v) is 18.3. The number of fused-ring (bicyclic) bond motifs is 5. The van der Waals surface area contributed by atoms with E-state index in [1.54, 1.807) is 0 Å². The van der Waals surface area contributed by atoms with Crippen LogP contribution in [0, 0.1) is 0 Å². The van der Waals surface area contributed by atoms with E-state index < -0.39 is 0 Å². The fraction of sp³-hybridized carbons (Fsp3) is 0.0588. The summed E-state index contributed by atoms with van der Waals surface area (Å²) in [5.41, 5.74) is 15.2. The van der Waals surface area contributed by atoms with Crippen LogP contribution >= 0.6 is 0 Å². The van der Waals surface area contributed by atoms with Gasteiger partial charge in [-0.1, -0.05) is 166 Å². The molecule has 2 nitrogen and oxygen atoms in total. The summed E-state index contributed by atoms with van der Waals surface area (Å²) in [7, 11) is 0. The van der Waals surface area contributed by atoms with Crippen LogP contribution in [-0.2, 0) is 5.41 Å². The van der Waals surface area contributed by atoms with Crippen LogP contribution in [0.25, 0.3) is 88.8 Å². The maximum Gasteiger partial charge on any atom is 0.160 e. The predicted molar refractivity (Wildman–Crippen MR) is 222 cm³/mol. The highest BCUT2D eigenvalue weighted by Gasteiger charge is 2.37. The largest absolute Gasteiger partial charge is 0.228 e. The van der Waals surface area contributed by atoms with Gasteiger partial charge in [0, 0.05) is 22.1 Å². The van der Waals surface area contributed by atoms with Crippen LogP contribution in [0.1, 0.15) is 25.0 Å². The lowest BCUT2D eigenvalue weighted by atomic mass is 9.81. The van der Waals surface area contributed by atoms with Crippen molar-refractivity contribution in [3.8, 4) is 67.3 Å². The Morgan fingerprint density at radius 3 is 1.64 bits per heavy atom. The van der Waals surface area contributed by atoms with Crippen LogP contribution < -0.4 is 0 Å². The Kier molecular flexibility index (Phi) is 7.19. The Bertz CT molecular complexity index is 2830. The number of aromatic nitrogens is 2. The summed E-state index contributed by atoms with van der Waals surface area (Å²) in [4.78, 5) is 10.2. The third-order valence-corrected chi connectivity index (χ3v) is 11.1. The minimum atomic E-state index is -0.0855. The second-order valence-electron chi connectivity index (χ2n) is 14.6. The van der Waals surface area contributed by atoms with Gasteiger partial charge in [0.2, 0.25) is 0 Å². The lowest BCUT2D eigenvalue weighted by molar-refractivity contribution is 0.661. The van der Waals surface area contributed by atoms with Gasteiger partial charge in [0.05, 0.1) is 11.4 Å². The highest BCUT2D eigenvalue weighted by molar-refractivity contribution is 6.00. The van der Waals surface area contributed by atoms with E-state index in [0.29, 0.717) is 5.82 Å². The Morgan fingerprint density at radius 1 is 0.340 bits per heavy atom. The Balaban J connectivity index is 1.09. The molecule has 1 aromatic heterocycles. The molecule has 0 spiro atoms. The maximum absolute atomic E-state index is 5.15. The minimum absolute atomic E-state index is 0.0855. The number of rotatable bonds is 5. The molecule has 53 heavy (non-hydrogen) atoms. The van der Waals surface area contributed by atoms with Crippen LogP contribution in [0.5, 0.6) is 0 Å². The SMILES string of the molecule is CC1(C)c2cc3ccccc3cc2-c2c(-c3ccc4ccc(-c5cc(-c6ccc(-c7ccccc7)cc6)nc(-c6ccccc6)n5)cc4c3)cccc21. The zero-order chi connectivity index (χ0) is 35.5. The molecule has 8 aromatic carbocycles. The maximum atomic E-state index is 5.15. The summed E-state index contributed by atoms with van der Waals surface area (Å²) in [5.74, 6) is 0.715. The van der Waals surface area contributed by atoms with Gasteiger partial charge < -0.3 is 0 Å². The average Bonchev–Trinajstić information content (AvgIpc) is 3.45. The van der Waals surface area contributed by atoms with Crippen molar-refractivity contribution < 1.29 is 0 Å². The molecular formula is C51H36N2. The Hall–Kier alpha value is -6.64. The molecule has 0 radical (unpaired) electrons. The highest BCUT2D eigenvalue weighted by atomic mass is 14.9. The van der Waals surface area contributed by atoms with E-state index in [-0.39, 0.29) is 5.41 Å². The molecule has 0 unspecified atom stereocenters. The zero-order valence-corrected chi connectivity index (χ0v) is 29.7. The fourth-order valence-corrected chi connectivity index (χ4v) is 8.21. The van der Waals surface area contributed by atoms with E-state index in [4.69, 9.17) is 9.97 Å². The van der Waals surface area contributed by atoms with Gasteiger partial charge in [-0.05, 0) is 96.4 Å². The second kappa shape index (κ2) is 12.3. The van der Waals surface area contributed by atoms with Crippen molar-refractivity contribution in [3.05, 3.63) is 193 Å². The Labute approximate surface area is 310 Å². The quantitative estimate of drug-likeness (QED) is 0.181. The standard InChI is InChI=1S/C51H36N2/c1-51(2)45-19-11-18-43(49(45)44-30-38-16-9-10-17-39(38)31-46(44)51)40-26-22-35-23-27-41(29-42(35)28-40)48-32-47(52-50(53-48)37-14-7-4-8-15-37)36-24-20-34(21-25-36)33-12-5-3-6-13-33/h3-32H,1-2H3. The summed E-state index contributed by atoms with van der Waals surface area (Å²) in [6.45, 7) is 4.72. The van der Waals surface area contributed by atoms with Gasteiger partial charge in [0.25, 0.3) is 0 Å². The van der Waals surface area contributed by atoms with Gasteiger partial charge in [0.1, 0.15) is 0 Å². The van der Waals surface area contributed by atoms with E-state index in [1.165, 1.54) is 66.1 Å². The molecule has 0 bridgehead atoms. The normalized spacial score (nSPS) is 12.9. The molecule has 1 aliphatic rings. The van der Waals surface area contributed by atoms with Crippen LogP contribution in [0.3, 0.4) is 0 Å². The summed E-state index contributed by atoms with van der Waals surface area (Å²) in [6, 6.07) is 65.5. The molecule has 0 N–H and O–H groups in total. The molecular weight excluding hydrogens is 641 g/mol. The number of nitrogens with zero attached hydrogens (tertiary/aromatic N) is 2. The number of hydrogen-bond acceptors (Lipinski definition) is 2. The molecule has 1 heterocycles. The van der Waals surface area contributed by atoms with Crippen molar-refractivity contribution in [1.29, 1.82) is 0 Å². The first-order chi connectivity index (χ1) is 26.0. The topological polar surface area (TPSA) is 25.8 Å². The van der Waals surface area contributed by atoms with Gasteiger partial charge in [0.15, 0.2) is 5.82 Å².